The number of nitrogens with one attached hydrogen (secondary N) is 1. The quantitative estimate of drug-likeness (QED) is 0.494. The Balaban J connectivity index is 1.78. The first kappa shape index (κ1) is 24.8. The molecule has 1 amide bonds. The third kappa shape index (κ3) is 5.57. The number of aryl methyl sites for hydroxylation is 2. The van der Waals surface area contributed by atoms with Crippen molar-refractivity contribution >= 4 is 34.4 Å². The summed E-state index contributed by atoms with van der Waals surface area (Å²) in [5, 5.41) is 14.2. The third-order valence-corrected chi connectivity index (χ3v) is 5.89. The lowest BCUT2D eigenvalue weighted by atomic mass is 9.97. The molecule has 0 aliphatic heterocycles. The maximum atomic E-state index is 13.0. The molecule has 0 radical (unpaired) electrons. The van der Waals surface area contributed by atoms with Gasteiger partial charge in [0.25, 0.3) is 5.91 Å². The van der Waals surface area contributed by atoms with E-state index in [4.69, 9.17) is 16.3 Å². The van der Waals surface area contributed by atoms with Crippen LogP contribution < -0.4 is 5.32 Å². The zero-order valence-corrected chi connectivity index (χ0v) is 20.7. The van der Waals surface area contributed by atoms with Crippen LogP contribution in [0.3, 0.4) is 0 Å². The van der Waals surface area contributed by atoms with Gasteiger partial charge >= 0.3 is 5.97 Å². The first-order valence-electron chi connectivity index (χ1n) is 10.9. The number of carbonyl (C=O) groups excluding carboxylic acids is 2. The van der Waals surface area contributed by atoms with Crippen molar-refractivity contribution in [2.45, 2.75) is 52.2 Å². The minimum Gasteiger partial charge on any atom is -0.460 e. The zero-order chi connectivity index (χ0) is 24.5. The van der Waals surface area contributed by atoms with E-state index in [1.54, 1.807) is 29.7 Å². The Morgan fingerprint density at radius 2 is 1.73 bits per heavy atom. The molecule has 0 bridgehead atoms. The van der Waals surface area contributed by atoms with Gasteiger partial charge in [-0.05, 0) is 69.5 Å². The molecule has 0 saturated heterocycles. The van der Waals surface area contributed by atoms with Gasteiger partial charge in [0.2, 0.25) is 0 Å². The molecule has 6 nitrogen and oxygen atoms in total. The first-order chi connectivity index (χ1) is 15.4. The predicted octanol–water partition coefficient (Wildman–Crippen LogP) is 5.05. The van der Waals surface area contributed by atoms with Crippen LogP contribution in [0.25, 0.3) is 10.9 Å². The second-order valence-electron chi connectivity index (χ2n) is 9.40. The van der Waals surface area contributed by atoms with Crippen molar-refractivity contribution < 1.29 is 19.4 Å². The van der Waals surface area contributed by atoms with Crippen LogP contribution >= 0.6 is 11.6 Å². The summed E-state index contributed by atoms with van der Waals surface area (Å²) in [6.45, 7) is 8.98. The van der Waals surface area contributed by atoms with Crippen LogP contribution in [0.15, 0.2) is 42.5 Å². The lowest BCUT2D eigenvalue weighted by molar-refractivity contribution is -0.156. The highest BCUT2D eigenvalue weighted by molar-refractivity contribution is 6.35. The van der Waals surface area contributed by atoms with E-state index < -0.39 is 17.6 Å². The average Bonchev–Trinajstić information content (AvgIpc) is 3.07. The summed E-state index contributed by atoms with van der Waals surface area (Å²) < 4.78 is 7.25. The Kier molecular flexibility index (Phi) is 7.20. The molecule has 0 unspecified atom stereocenters. The van der Waals surface area contributed by atoms with E-state index in [1.165, 1.54) is 0 Å². The van der Waals surface area contributed by atoms with Crippen molar-refractivity contribution in [2.75, 3.05) is 6.61 Å². The topological polar surface area (TPSA) is 80.6 Å². The summed E-state index contributed by atoms with van der Waals surface area (Å²) in [5.41, 5.74) is 3.31. The smallest absolute Gasteiger partial charge is 0.313 e. The van der Waals surface area contributed by atoms with Crippen LogP contribution in [0.4, 0.5) is 0 Å². The van der Waals surface area contributed by atoms with Crippen molar-refractivity contribution in [2.24, 2.45) is 7.05 Å². The normalized spacial score (nSPS) is 13.6. The van der Waals surface area contributed by atoms with Gasteiger partial charge in [-0.3, -0.25) is 9.59 Å². The van der Waals surface area contributed by atoms with Gasteiger partial charge < -0.3 is 19.7 Å². The molecular formula is C26H31ClN2O4. The molecule has 176 valence electrons. The number of rotatable bonds is 6. The largest absolute Gasteiger partial charge is 0.460 e. The molecule has 2 N–H and O–H groups in total. The first-order valence-corrected chi connectivity index (χ1v) is 11.3. The Hall–Kier alpha value is -2.83. The maximum Gasteiger partial charge on any atom is 0.313 e. The molecule has 7 heteroatoms. The number of esters is 1. The van der Waals surface area contributed by atoms with Crippen LogP contribution in [0.1, 0.15) is 66.8 Å². The molecule has 0 fully saturated rings. The van der Waals surface area contributed by atoms with Crippen molar-refractivity contribution in [3.8, 4) is 0 Å². The number of nitrogens with zero attached hydrogens (tertiary/aromatic N) is 1. The second-order valence-corrected chi connectivity index (χ2v) is 9.81. The molecule has 33 heavy (non-hydrogen) atoms. The number of hydrogen-bond donors (Lipinski definition) is 2. The molecular weight excluding hydrogens is 440 g/mol. The number of aromatic nitrogens is 1. The van der Waals surface area contributed by atoms with E-state index in [2.05, 4.69) is 5.32 Å². The fourth-order valence-electron chi connectivity index (χ4n) is 3.75. The van der Waals surface area contributed by atoms with Crippen molar-refractivity contribution in [3.63, 3.8) is 0 Å². The number of halogens is 1. The molecule has 0 spiro atoms. The van der Waals surface area contributed by atoms with E-state index in [0.29, 0.717) is 10.7 Å². The summed E-state index contributed by atoms with van der Waals surface area (Å²) in [6.07, 6.45) is 0. The van der Waals surface area contributed by atoms with Gasteiger partial charge in [0.15, 0.2) is 0 Å². The number of ether oxygens (including phenoxy) is 1. The van der Waals surface area contributed by atoms with Gasteiger partial charge in [-0.2, -0.15) is 0 Å². The van der Waals surface area contributed by atoms with E-state index in [1.807, 2.05) is 59.0 Å². The van der Waals surface area contributed by atoms with Crippen LogP contribution in [-0.4, -0.2) is 33.8 Å². The molecule has 1 heterocycles. The maximum absolute atomic E-state index is 13.0. The molecule has 2 aromatic carbocycles. The fourth-order valence-corrected chi connectivity index (χ4v) is 4.07. The van der Waals surface area contributed by atoms with Crippen molar-refractivity contribution in [1.82, 2.24) is 9.88 Å². The summed E-state index contributed by atoms with van der Waals surface area (Å²) in [4.78, 5) is 25.4. The number of aliphatic hydroxyl groups is 1. The third-order valence-electron chi connectivity index (χ3n) is 5.58. The SMILES string of the molecule is Cc1cc(Cl)c2cc(C(=O)N[C@H](CO)c3ccc([C@@H](C)C(=O)OC(C)(C)C)cc3)n(C)c2c1. The summed E-state index contributed by atoms with van der Waals surface area (Å²) >= 11 is 6.36. The Labute approximate surface area is 199 Å². The lowest BCUT2D eigenvalue weighted by Gasteiger charge is -2.23. The number of benzene rings is 2. The monoisotopic (exact) mass is 470 g/mol. The number of amides is 1. The molecule has 3 rings (SSSR count). The molecule has 0 aliphatic carbocycles. The molecule has 1 aromatic heterocycles. The molecule has 0 saturated carbocycles. The Bertz CT molecular complexity index is 1180. The number of carbonyl (C=O) groups is 2. The fraction of sp³-hybridized carbons (Fsp3) is 0.385. The highest BCUT2D eigenvalue weighted by atomic mass is 35.5. The van der Waals surface area contributed by atoms with Gasteiger partial charge in [0.1, 0.15) is 11.3 Å². The molecule has 2 atom stereocenters. The average molecular weight is 471 g/mol. The van der Waals surface area contributed by atoms with Crippen LogP contribution in [0.5, 0.6) is 0 Å². The van der Waals surface area contributed by atoms with Crippen molar-refractivity contribution in [3.05, 3.63) is 69.9 Å². The minimum atomic E-state index is -0.599. The Morgan fingerprint density at radius 1 is 1.12 bits per heavy atom. The van der Waals surface area contributed by atoms with E-state index in [9.17, 15) is 14.7 Å². The molecule has 3 aromatic rings. The van der Waals surface area contributed by atoms with Crippen molar-refractivity contribution in [1.29, 1.82) is 0 Å². The summed E-state index contributed by atoms with van der Waals surface area (Å²) in [6, 6.07) is 12.2. The van der Waals surface area contributed by atoms with Gasteiger partial charge in [0, 0.05) is 12.4 Å². The standard InChI is InChI=1S/C26H31ClN2O4/c1-15-11-20(27)19-13-23(29(6)22(19)12-15)24(31)28-21(14-30)18-9-7-17(8-10-18)16(2)25(32)33-26(3,4)5/h7-13,16,21,30H,14H2,1-6H3,(H,28,31)/t16-,21-/m1/s1. The van der Waals surface area contributed by atoms with E-state index >= 15 is 0 Å². The van der Waals surface area contributed by atoms with Crippen LogP contribution in [-0.2, 0) is 16.6 Å². The predicted molar refractivity (Wildman–Crippen MR) is 131 cm³/mol. The van der Waals surface area contributed by atoms with Crippen LogP contribution in [0, 0.1) is 6.92 Å². The lowest BCUT2D eigenvalue weighted by Crippen LogP contribution is -2.32. The van der Waals surface area contributed by atoms with Crippen LogP contribution in [0.2, 0.25) is 5.02 Å². The van der Waals surface area contributed by atoms with E-state index in [-0.39, 0.29) is 18.5 Å². The molecule has 0 aliphatic rings. The number of aliphatic hydroxyl groups excluding tert-OH is 1. The highest BCUT2D eigenvalue weighted by Gasteiger charge is 2.24. The summed E-state index contributed by atoms with van der Waals surface area (Å²) in [7, 11) is 1.81. The summed E-state index contributed by atoms with van der Waals surface area (Å²) in [5.74, 6) is -1.04. The van der Waals surface area contributed by atoms with Gasteiger partial charge in [-0.15, -0.1) is 0 Å². The minimum absolute atomic E-state index is 0.267. The van der Waals surface area contributed by atoms with Gasteiger partial charge in [-0.1, -0.05) is 35.9 Å². The second kappa shape index (κ2) is 9.57. The zero-order valence-electron chi connectivity index (χ0n) is 19.9. The van der Waals surface area contributed by atoms with Gasteiger partial charge in [-0.25, -0.2) is 0 Å². The number of fused-ring (bicyclic) bond motifs is 1. The number of hydrogen-bond acceptors (Lipinski definition) is 4. The van der Waals surface area contributed by atoms with E-state index in [0.717, 1.165) is 27.6 Å². The van der Waals surface area contributed by atoms with Gasteiger partial charge in [0.05, 0.1) is 29.1 Å². The Morgan fingerprint density at radius 3 is 2.30 bits per heavy atom. The highest BCUT2D eigenvalue weighted by Crippen LogP contribution is 2.28.